The summed E-state index contributed by atoms with van der Waals surface area (Å²) in [6.45, 7) is 1.39. The Balaban J connectivity index is 2.39. The zero-order valence-corrected chi connectivity index (χ0v) is 16.8. The molecule has 0 aliphatic carbocycles. The highest BCUT2D eigenvalue weighted by molar-refractivity contribution is 7.92. The van der Waals surface area contributed by atoms with Gasteiger partial charge in [0, 0.05) is 17.2 Å². The number of carbonyl (C=O) groups is 1. The van der Waals surface area contributed by atoms with Crippen LogP contribution in [0.25, 0.3) is 0 Å². The van der Waals surface area contributed by atoms with Crippen LogP contribution in [0.1, 0.15) is 6.92 Å². The van der Waals surface area contributed by atoms with Gasteiger partial charge in [0.25, 0.3) is 5.69 Å². The van der Waals surface area contributed by atoms with Gasteiger partial charge in [0.2, 0.25) is 15.9 Å². The van der Waals surface area contributed by atoms with Crippen LogP contribution in [-0.2, 0) is 14.8 Å². The van der Waals surface area contributed by atoms with Gasteiger partial charge in [0.05, 0.1) is 29.7 Å². The number of ether oxygens (including phenoxy) is 1. The lowest BCUT2D eigenvalue weighted by Crippen LogP contribution is -2.45. The van der Waals surface area contributed by atoms with Gasteiger partial charge < -0.3 is 10.1 Å². The molecule has 0 bridgehead atoms. The molecule has 2 rings (SSSR count). The highest BCUT2D eigenvalue weighted by Crippen LogP contribution is 2.30. The van der Waals surface area contributed by atoms with E-state index in [4.69, 9.17) is 16.3 Å². The molecule has 28 heavy (non-hydrogen) atoms. The van der Waals surface area contributed by atoms with Crippen molar-refractivity contribution in [3.8, 4) is 5.75 Å². The van der Waals surface area contributed by atoms with Crippen LogP contribution in [0.3, 0.4) is 0 Å². The van der Waals surface area contributed by atoms with Crippen LogP contribution in [0.2, 0.25) is 5.02 Å². The summed E-state index contributed by atoms with van der Waals surface area (Å²) in [5, 5.41) is 13.8. The fourth-order valence-corrected chi connectivity index (χ4v) is 3.92. The predicted octanol–water partition coefficient (Wildman–Crippen LogP) is 3.05. The first kappa shape index (κ1) is 21.5. The van der Waals surface area contributed by atoms with Gasteiger partial charge in [-0.1, -0.05) is 17.7 Å². The zero-order valence-electron chi connectivity index (χ0n) is 15.2. The molecular formula is C17H18ClN3O6S. The number of hydrogen-bond acceptors (Lipinski definition) is 6. The van der Waals surface area contributed by atoms with Crippen molar-refractivity contribution in [2.75, 3.05) is 23.0 Å². The van der Waals surface area contributed by atoms with Gasteiger partial charge in [-0.25, -0.2) is 8.42 Å². The third-order valence-electron chi connectivity index (χ3n) is 3.80. The molecule has 2 aromatic rings. The van der Waals surface area contributed by atoms with E-state index < -0.39 is 26.9 Å². The Hall–Kier alpha value is -2.85. The lowest BCUT2D eigenvalue weighted by Gasteiger charge is -2.28. The number of methoxy groups -OCH3 is 1. The fourth-order valence-electron chi connectivity index (χ4n) is 2.57. The Morgan fingerprint density at radius 2 is 1.96 bits per heavy atom. The highest BCUT2D eigenvalue weighted by Gasteiger charge is 2.30. The minimum absolute atomic E-state index is 0.0492. The number of rotatable bonds is 7. The number of hydrogen-bond donors (Lipinski definition) is 1. The number of nitro benzene ring substituents is 1. The molecule has 1 N–H and O–H groups in total. The maximum atomic E-state index is 12.7. The highest BCUT2D eigenvalue weighted by atomic mass is 35.5. The molecule has 0 aliphatic heterocycles. The van der Waals surface area contributed by atoms with Crippen molar-refractivity contribution in [3.63, 3.8) is 0 Å². The van der Waals surface area contributed by atoms with Gasteiger partial charge in [-0.05, 0) is 31.2 Å². The standard InChI is InChI=1S/C17H18ClN3O6S/c1-11(20(28(3,25)26)13-6-4-5-12(18)9-13)17(22)19-15-10-14(21(23)24)7-8-16(15)27-2/h4-11H,1-3H3,(H,19,22). The van der Waals surface area contributed by atoms with Crippen molar-refractivity contribution in [2.24, 2.45) is 0 Å². The largest absolute Gasteiger partial charge is 0.495 e. The lowest BCUT2D eigenvalue weighted by molar-refractivity contribution is -0.384. The van der Waals surface area contributed by atoms with Gasteiger partial charge in [-0.3, -0.25) is 19.2 Å². The van der Waals surface area contributed by atoms with Crippen LogP contribution in [-0.4, -0.2) is 38.7 Å². The van der Waals surface area contributed by atoms with E-state index in [0.717, 1.165) is 16.6 Å². The van der Waals surface area contributed by atoms with E-state index in [2.05, 4.69) is 5.32 Å². The van der Waals surface area contributed by atoms with E-state index in [1.807, 2.05) is 0 Å². The number of sulfonamides is 1. The van der Waals surface area contributed by atoms with Gasteiger partial charge in [-0.15, -0.1) is 0 Å². The van der Waals surface area contributed by atoms with E-state index in [1.165, 1.54) is 38.3 Å². The third-order valence-corrected chi connectivity index (χ3v) is 5.28. The number of nitrogens with one attached hydrogen (secondary N) is 1. The Morgan fingerprint density at radius 1 is 1.29 bits per heavy atom. The summed E-state index contributed by atoms with van der Waals surface area (Å²) < 4.78 is 30.6. The number of benzene rings is 2. The minimum Gasteiger partial charge on any atom is -0.495 e. The summed E-state index contributed by atoms with van der Waals surface area (Å²) in [5.41, 5.74) is 0.00955. The summed E-state index contributed by atoms with van der Waals surface area (Å²) in [6, 6.07) is 8.58. The van der Waals surface area contributed by atoms with Crippen LogP contribution in [0.15, 0.2) is 42.5 Å². The molecule has 9 nitrogen and oxygen atoms in total. The number of nitro groups is 1. The normalized spacial score (nSPS) is 12.1. The van der Waals surface area contributed by atoms with Crippen molar-refractivity contribution in [3.05, 3.63) is 57.6 Å². The van der Waals surface area contributed by atoms with E-state index in [0.29, 0.717) is 5.02 Å². The maximum absolute atomic E-state index is 12.7. The molecule has 0 radical (unpaired) electrons. The molecule has 1 amide bonds. The number of amides is 1. The molecule has 0 spiro atoms. The van der Waals surface area contributed by atoms with E-state index in [9.17, 15) is 23.3 Å². The monoisotopic (exact) mass is 427 g/mol. The summed E-state index contributed by atoms with van der Waals surface area (Å²) in [4.78, 5) is 23.1. The molecule has 0 saturated carbocycles. The summed E-state index contributed by atoms with van der Waals surface area (Å²) in [6.07, 6.45) is 0.964. The third kappa shape index (κ3) is 4.90. The van der Waals surface area contributed by atoms with Crippen LogP contribution in [0, 0.1) is 10.1 Å². The lowest BCUT2D eigenvalue weighted by atomic mass is 10.2. The van der Waals surface area contributed by atoms with Crippen molar-refractivity contribution >= 4 is 44.6 Å². The molecule has 0 aliphatic rings. The summed E-state index contributed by atoms with van der Waals surface area (Å²) >= 11 is 5.94. The topological polar surface area (TPSA) is 119 Å². The first-order valence-corrected chi connectivity index (χ1v) is 10.2. The van der Waals surface area contributed by atoms with Gasteiger partial charge in [-0.2, -0.15) is 0 Å². The first-order valence-electron chi connectivity index (χ1n) is 7.93. The second-order valence-electron chi connectivity index (χ2n) is 5.85. The molecule has 2 aromatic carbocycles. The number of halogens is 1. The van der Waals surface area contributed by atoms with Crippen molar-refractivity contribution in [1.29, 1.82) is 0 Å². The second-order valence-corrected chi connectivity index (χ2v) is 8.14. The average molecular weight is 428 g/mol. The maximum Gasteiger partial charge on any atom is 0.271 e. The van der Waals surface area contributed by atoms with E-state index in [-0.39, 0.29) is 22.8 Å². The van der Waals surface area contributed by atoms with Crippen molar-refractivity contribution in [2.45, 2.75) is 13.0 Å². The smallest absolute Gasteiger partial charge is 0.271 e. The molecule has 1 unspecified atom stereocenters. The number of anilines is 2. The SMILES string of the molecule is COc1ccc([N+](=O)[O-])cc1NC(=O)C(C)N(c1cccc(Cl)c1)S(C)(=O)=O. The van der Waals surface area contributed by atoms with Crippen LogP contribution in [0.5, 0.6) is 5.75 Å². The van der Waals surface area contributed by atoms with Crippen molar-refractivity contribution in [1.82, 2.24) is 0 Å². The molecule has 0 fully saturated rings. The molecule has 150 valence electrons. The Morgan fingerprint density at radius 3 is 2.50 bits per heavy atom. The van der Waals surface area contributed by atoms with Crippen LogP contribution < -0.4 is 14.4 Å². The number of carbonyl (C=O) groups excluding carboxylic acids is 1. The summed E-state index contributed by atoms with van der Waals surface area (Å²) in [5.74, 6) is -0.510. The average Bonchev–Trinajstić information content (AvgIpc) is 2.60. The summed E-state index contributed by atoms with van der Waals surface area (Å²) in [7, 11) is -2.49. The molecule has 1 atom stereocenters. The first-order chi connectivity index (χ1) is 13.0. The Labute approximate surface area is 167 Å². The molecule has 0 saturated heterocycles. The number of nitrogens with zero attached hydrogens (tertiary/aromatic N) is 2. The molecule has 0 heterocycles. The fraction of sp³-hybridized carbons (Fsp3) is 0.235. The Bertz CT molecular complexity index is 1010. The quantitative estimate of drug-likeness (QED) is 0.535. The van der Waals surface area contributed by atoms with Gasteiger partial charge in [0.1, 0.15) is 11.8 Å². The molecule has 0 aromatic heterocycles. The molecular weight excluding hydrogens is 410 g/mol. The van der Waals surface area contributed by atoms with E-state index in [1.54, 1.807) is 12.1 Å². The Kier molecular flexibility index (Phi) is 6.47. The van der Waals surface area contributed by atoms with Crippen molar-refractivity contribution < 1.29 is 22.9 Å². The molecule has 11 heteroatoms. The minimum atomic E-state index is -3.83. The van der Waals surface area contributed by atoms with Gasteiger partial charge >= 0.3 is 0 Å². The van der Waals surface area contributed by atoms with Crippen LogP contribution in [0.4, 0.5) is 17.1 Å². The zero-order chi connectivity index (χ0) is 21.1. The second kappa shape index (κ2) is 8.44. The predicted molar refractivity (Wildman–Crippen MR) is 107 cm³/mol. The van der Waals surface area contributed by atoms with E-state index >= 15 is 0 Å². The number of non-ortho nitro benzene ring substituents is 1. The van der Waals surface area contributed by atoms with Crippen LogP contribution >= 0.6 is 11.6 Å². The van der Waals surface area contributed by atoms with Gasteiger partial charge in [0.15, 0.2) is 0 Å².